The average molecular weight is 440 g/mol. The Bertz CT molecular complexity index is 1150. The smallest absolute Gasteiger partial charge is 0.155 e. The largest absolute Gasteiger partial charge is 0.507 e. The monoisotopic (exact) mass is 439 g/mol. The number of hydrogen-bond acceptors (Lipinski definition) is 5. The van der Waals surface area contributed by atoms with E-state index in [1.165, 1.54) is 43.8 Å². The number of anilines is 1. The fourth-order valence-corrected chi connectivity index (χ4v) is 5.92. The van der Waals surface area contributed by atoms with E-state index >= 15 is 4.39 Å². The summed E-state index contributed by atoms with van der Waals surface area (Å²) in [4.78, 5) is 2.02. The Morgan fingerprint density at radius 2 is 1.75 bits per heavy atom. The maximum Gasteiger partial charge on any atom is 0.155 e. The molecule has 5 rings (SSSR count). The van der Waals surface area contributed by atoms with Crippen molar-refractivity contribution in [3.8, 4) is 28.1 Å². The van der Waals surface area contributed by atoms with Crippen molar-refractivity contribution in [3.63, 3.8) is 0 Å². The van der Waals surface area contributed by atoms with Gasteiger partial charge in [-0.15, -0.1) is 10.2 Å². The lowest BCUT2D eigenvalue weighted by Gasteiger charge is -2.44. The minimum Gasteiger partial charge on any atom is -0.507 e. The van der Waals surface area contributed by atoms with Crippen molar-refractivity contribution in [2.45, 2.75) is 52.0 Å². The molecule has 8 heteroatoms. The number of nitrogens with one attached hydrogen (secondary N) is 1. The summed E-state index contributed by atoms with van der Waals surface area (Å²) < 4.78 is 29.8. The minimum absolute atomic E-state index is 0.0373. The molecular formula is C24H27F2N5O. The molecule has 1 aromatic carbocycles. The van der Waals surface area contributed by atoms with E-state index in [-0.39, 0.29) is 28.6 Å². The lowest BCUT2D eigenvalue weighted by atomic mass is 9.68. The third-order valence-corrected chi connectivity index (χ3v) is 7.44. The SMILES string of the molecule is CN(c1cc(F)c(-c2cc(F)c(-c3cn[nH]c3)cc2O)nn1)C1C[C@]2(C)CC[C@](C)(C1)C2. The molecule has 1 unspecified atom stereocenters. The summed E-state index contributed by atoms with van der Waals surface area (Å²) in [5.74, 6) is -1.09. The summed E-state index contributed by atoms with van der Waals surface area (Å²) >= 11 is 0. The van der Waals surface area contributed by atoms with Crippen molar-refractivity contribution >= 4 is 5.82 Å². The summed E-state index contributed by atoms with van der Waals surface area (Å²) in [6, 6.07) is 3.91. The van der Waals surface area contributed by atoms with Crippen molar-refractivity contribution in [3.05, 3.63) is 42.2 Å². The second kappa shape index (κ2) is 7.25. The van der Waals surface area contributed by atoms with E-state index in [1.807, 2.05) is 11.9 Å². The van der Waals surface area contributed by atoms with Crippen LogP contribution in [0.1, 0.15) is 46.0 Å². The first-order valence-corrected chi connectivity index (χ1v) is 10.9. The summed E-state index contributed by atoms with van der Waals surface area (Å²) in [5, 5.41) is 25.1. The molecule has 3 aromatic rings. The summed E-state index contributed by atoms with van der Waals surface area (Å²) in [7, 11) is 1.93. The van der Waals surface area contributed by atoms with Crippen LogP contribution in [-0.2, 0) is 0 Å². The molecule has 6 nitrogen and oxygen atoms in total. The maximum absolute atomic E-state index is 15.1. The number of phenols is 1. The topological polar surface area (TPSA) is 77.9 Å². The third kappa shape index (κ3) is 3.51. The number of H-pyrrole nitrogens is 1. The van der Waals surface area contributed by atoms with Gasteiger partial charge in [0.05, 0.1) is 6.20 Å². The van der Waals surface area contributed by atoms with Crippen LogP contribution in [0, 0.1) is 22.5 Å². The van der Waals surface area contributed by atoms with Crippen LogP contribution in [0.4, 0.5) is 14.6 Å². The third-order valence-electron chi connectivity index (χ3n) is 7.44. The van der Waals surface area contributed by atoms with E-state index in [9.17, 15) is 9.50 Å². The van der Waals surface area contributed by atoms with E-state index in [0.717, 1.165) is 18.9 Å². The molecular weight excluding hydrogens is 412 g/mol. The van der Waals surface area contributed by atoms with Crippen LogP contribution in [0.25, 0.3) is 22.4 Å². The molecule has 0 amide bonds. The second-order valence-corrected chi connectivity index (χ2v) is 10.2. The van der Waals surface area contributed by atoms with Gasteiger partial charge in [-0.2, -0.15) is 5.10 Å². The Morgan fingerprint density at radius 1 is 1.03 bits per heavy atom. The molecule has 2 heterocycles. The molecule has 0 spiro atoms. The van der Waals surface area contributed by atoms with Gasteiger partial charge >= 0.3 is 0 Å². The number of nitrogens with zero attached hydrogens (tertiary/aromatic N) is 4. The first-order chi connectivity index (χ1) is 15.2. The van der Waals surface area contributed by atoms with Gasteiger partial charge in [0.1, 0.15) is 17.3 Å². The highest BCUT2D eigenvalue weighted by Crippen LogP contribution is 2.58. The van der Waals surface area contributed by atoms with Gasteiger partial charge in [0, 0.05) is 42.0 Å². The summed E-state index contributed by atoms with van der Waals surface area (Å²) in [6.45, 7) is 4.69. The van der Waals surface area contributed by atoms with Gasteiger partial charge in [-0.3, -0.25) is 5.10 Å². The molecule has 0 aliphatic heterocycles. The van der Waals surface area contributed by atoms with Gasteiger partial charge in [-0.25, -0.2) is 8.78 Å². The van der Waals surface area contributed by atoms with E-state index in [0.29, 0.717) is 22.2 Å². The molecule has 2 aromatic heterocycles. The predicted molar refractivity (Wildman–Crippen MR) is 118 cm³/mol. The highest BCUT2D eigenvalue weighted by atomic mass is 19.1. The average Bonchev–Trinajstić information content (AvgIpc) is 3.34. The van der Waals surface area contributed by atoms with E-state index in [4.69, 9.17) is 0 Å². The van der Waals surface area contributed by atoms with Crippen molar-refractivity contribution in [1.82, 2.24) is 20.4 Å². The second-order valence-electron chi connectivity index (χ2n) is 10.2. The van der Waals surface area contributed by atoms with Gasteiger partial charge in [0.2, 0.25) is 0 Å². The minimum atomic E-state index is -0.649. The zero-order valence-electron chi connectivity index (χ0n) is 18.5. The number of phenolic OH excluding ortho intramolecular Hbond substituents is 1. The highest BCUT2D eigenvalue weighted by molar-refractivity contribution is 5.74. The number of aromatic amines is 1. The van der Waals surface area contributed by atoms with E-state index in [2.05, 4.69) is 34.2 Å². The van der Waals surface area contributed by atoms with Gasteiger partial charge in [0.15, 0.2) is 11.6 Å². The van der Waals surface area contributed by atoms with Gasteiger partial charge in [-0.05, 0) is 55.1 Å². The molecule has 2 aliphatic rings. The zero-order chi connectivity index (χ0) is 22.7. The highest BCUT2D eigenvalue weighted by Gasteiger charge is 2.50. The molecule has 0 saturated heterocycles. The van der Waals surface area contributed by atoms with Gasteiger partial charge in [-0.1, -0.05) is 13.8 Å². The number of fused-ring (bicyclic) bond motifs is 2. The number of hydrogen-bond donors (Lipinski definition) is 2. The van der Waals surface area contributed by atoms with Crippen LogP contribution in [0.3, 0.4) is 0 Å². The fourth-order valence-electron chi connectivity index (χ4n) is 5.92. The predicted octanol–water partition coefficient (Wildman–Crippen LogP) is 5.31. The molecule has 0 radical (unpaired) electrons. The number of halogens is 2. The Morgan fingerprint density at radius 3 is 2.38 bits per heavy atom. The first-order valence-electron chi connectivity index (χ1n) is 10.9. The van der Waals surface area contributed by atoms with Crippen LogP contribution in [0.5, 0.6) is 5.75 Å². The van der Waals surface area contributed by atoms with Crippen molar-refractivity contribution < 1.29 is 13.9 Å². The lowest BCUT2D eigenvalue weighted by Crippen LogP contribution is -2.43. The Balaban J connectivity index is 1.43. The van der Waals surface area contributed by atoms with Gasteiger partial charge in [0.25, 0.3) is 0 Å². The normalized spacial score (nSPS) is 27.0. The quantitative estimate of drug-likeness (QED) is 0.576. The standard InChI is InChI=1S/C24H27F2N5O/c1-23-4-5-24(2,13-23)10-15(9-23)31(3)21-8-19(26)22(30-29-21)17-6-18(25)16(7-20(17)32)14-11-27-28-12-14/h6-8,11-12,15,32H,4-5,9-10,13H2,1-3H3,(H,27,28)/t15?,23-,24+. The molecule has 2 N–H and O–H groups in total. The molecule has 32 heavy (non-hydrogen) atoms. The van der Waals surface area contributed by atoms with Crippen LogP contribution in [0.15, 0.2) is 30.6 Å². The van der Waals surface area contributed by atoms with Crippen molar-refractivity contribution in [2.75, 3.05) is 11.9 Å². The lowest BCUT2D eigenvalue weighted by molar-refractivity contribution is 0.148. The van der Waals surface area contributed by atoms with Crippen molar-refractivity contribution in [1.29, 1.82) is 0 Å². The number of aromatic nitrogens is 4. The Hall–Kier alpha value is -3.03. The van der Waals surface area contributed by atoms with Crippen LogP contribution in [-0.4, -0.2) is 38.6 Å². The van der Waals surface area contributed by atoms with E-state index < -0.39 is 11.6 Å². The molecule has 2 aliphatic carbocycles. The molecule has 168 valence electrons. The molecule has 3 atom stereocenters. The molecule has 2 bridgehead atoms. The number of aromatic hydroxyl groups is 1. The first kappa shape index (κ1) is 20.8. The zero-order valence-corrected chi connectivity index (χ0v) is 18.5. The van der Waals surface area contributed by atoms with Crippen LogP contribution >= 0.6 is 0 Å². The van der Waals surface area contributed by atoms with Gasteiger partial charge < -0.3 is 10.0 Å². The Kier molecular flexibility index (Phi) is 4.72. The number of benzene rings is 1. The molecule has 2 fully saturated rings. The van der Waals surface area contributed by atoms with E-state index in [1.54, 1.807) is 0 Å². The van der Waals surface area contributed by atoms with Crippen LogP contribution in [0.2, 0.25) is 0 Å². The van der Waals surface area contributed by atoms with Crippen LogP contribution < -0.4 is 4.90 Å². The fraction of sp³-hybridized carbons (Fsp3) is 0.458. The van der Waals surface area contributed by atoms with Crippen molar-refractivity contribution in [2.24, 2.45) is 10.8 Å². The summed E-state index contributed by atoms with van der Waals surface area (Å²) in [5.41, 5.74) is 1.07. The molecule has 2 saturated carbocycles. The Labute approximate surface area is 185 Å². The summed E-state index contributed by atoms with van der Waals surface area (Å²) in [6.07, 6.45) is 8.75. The number of rotatable bonds is 4. The maximum atomic E-state index is 15.1.